The largest absolute Gasteiger partial charge is 0.469 e. The van der Waals surface area contributed by atoms with Crippen molar-refractivity contribution in [3.63, 3.8) is 0 Å². The Balaban J connectivity index is 2.06. The summed E-state index contributed by atoms with van der Waals surface area (Å²) in [6, 6.07) is 1.93. The first-order chi connectivity index (χ1) is 8.00. The second-order valence-electron chi connectivity index (χ2n) is 5.37. The maximum absolute atomic E-state index is 12.1. The zero-order valence-corrected chi connectivity index (χ0v) is 10.7. The molecule has 94 valence electrons. The third kappa shape index (κ3) is 2.52. The van der Waals surface area contributed by atoms with Gasteiger partial charge in [-0.1, -0.05) is 13.8 Å². The van der Waals surface area contributed by atoms with Crippen molar-refractivity contribution in [3.05, 3.63) is 23.7 Å². The molecule has 0 aliphatic carbocycles. The SMILES string of the molecule is Cc1occc1C(=O)NC1CCNCC1(C)C. The summed E-state index contributed by atoms with van der Waals surface area (Å²) < 4.78 is 5.15. The Hall–Kier alpha value is -1.29. The maximum atomic E-state index is 12.1. The lowest BCUT2D eigenvalue weighted by Gasteiger charge is -2.39. The number of hydrogen-bond donors (Lipinski definition) is 2. The molecule has 1 saturated heterocycles. The van der Waals surface area contributed by atoms with Crippen LogP contribution in [0.25, 0.3) is 0 Å². The molecule has 0 spiro atoms. The molecule has 4 nitrogen and oxygen atoms in total. The second-order valence-corrected chi connectivity index (χ2v) is 5.37. The monoisotopic (exact) mass is 236 g/mol. The Labute approximate surface area is 102 Å². The van der Waals surface area contributed by atoms with E-state index in [2.05, 4.69) is 24.5 Å². The minimum Gasteiger partial charge on any atom is -0.469 e. The summed E-state index contributed by atoms with van der Waals surface area (Å²) in [5.74, 6) is 0.644. The van der Waals surface area contributed by atoms with Crippen LogP contribution in [-0.2, 0) is 0 Å². The molecule has 2 rings (SSSR count). The van der Waals surface area contributed by atoms with Crippen LogP contribution in [0.3, 0.4) is 0 Å². The summed E-state index contributed by atoms with van der Waals surface area (Å²) in [5.41, 5.74) is 0.727. The summed E-state index contributed by atoms with van der Waals surface area (Å²) in [6.45, 7) is 8.04. The van der Waals surface area contributed by atoms with Crippen LogP contribution in [0.1, 0.15) is 36.4 Å². The zero-order valence-electron chi connectivity index (χ0n) is 10.7. The van der Waals surface area contributed by atoms with Crippen LogP contribution in [0.2, 0.25) is 0 Å². The Morgan fingerprint density at radius 3 is 2.94 bits per heavy atom. The second kappa shape index (κ2) is 4.53. The topological polar surface area (TPSA) is 54.3 Å². The van der Waals surface area contributed by atoms with Crippen molar-refractivity contribution in [1.29, 1.82) is 0 Å². The van der Waals surface area contributed by atoms with E-state index >= 15 is 0 Å². The Morgan fingerprint density at radius 1 is 1.59 bits per heavy atom. The number of aryl methyl sites for hydroxylation is 1. The van der Waals surface area contributed by atoms with Gasteiger partial charge in [0, 0.05) is 12.6 Å². The molecule has 1 unspecified atom stereocenters. The van der Waals surface area contributed by atoms with Gasteiger partial charge in [-0.25, -0.2) is 0 Å². The van der Waals surface area contributed by atoms with Crippen molar-refractivity contribution < 1.29 is 9.21 Å². The minimum atomic E-state index is -0.0313. The summed E-state index contributed by atoms with van der Waals surface area (Å²) in [7, 11) is 0. The van der Waals surface area contributed by atoms with E-state index < -0.39 is 0 Å². The first kappa shape index (κ1) is 12.2. The van der Waals surface area contributed by atoms with Gasteiger partial charge in [-0.15, -0.1) is 0 Å². The summed E-state index contributed by atoms with van der Waals surface area (Å²) >= 11 is 0. The summed E-state index contributed by atoms with van der Waals surface area (Å²) in [4.78, 5) is 12.1. The van der Waals surface area contributed by atoms with Crippen molar-refractivity contribution in [2.24, 2.45) is 5.41 Å². The molecule has 1 amide bonds. The van der Waals surface area contributed by atoms with Gasteiger partial charge in [-0.2, -0.15) is 0 Å². The first-order valence-corrected chi connectivity index (χ1v) is 6.06. The van der Waals surface area contributed by atoms with Crippen LogP contribution in [-0.4, -0.2) is 25.0 Å². The van der Waals surface area contributed by atoms with Crippen molar-refractivity contribution in [2.45, 2.75) is 33.2 Å². The number of carbonyl (C=O) groups is 1. The number of rotatable bonds is 2. The van der Waals surface area contributed by atoms with Crippen LogP contribution in [0, 0.1) is 12.3 Å². The first-order valence-electron chi connectivity index (χ1n) is 6.06. The van der Waals surface area contributed by atoms with Crippen LogP contribution < -0.4 is 10.6 Å². The van der Waals surface area contributed by atoms with Crippen molar-refractivity contribution in [3.8, 4) is 0 Å². The molecule has 1 fully saturated rings. The highest BCUT2D eigenvalue weighted by Gasteiger charge is 2.33. The van der Waals surface area contributed by atoms with Gasteiger partial charge >= 0.3 is 0 Å². The number of furan rings is 1. The Morgan fingerprint density at radius 2 is 2.35 bits per heavy atom. The van der Waals surface area contributed by atoms with Crippen molar-refractivity contribution in [2.75, 3.05) is 13.1 Å². The molecule has 4 heteroatoms. The molecular formula is C13H20N2O2. The van der Waals surface area contributed by atoms with E-state index in [1.165, 1.54) is 0 Å². The quantitative estimate of drug-likeness (QED) is 0.822. The Kier molecular flexibility index (Phi) is 3.24. The zero-order chi connectivity index (χ0) is 12.5. The van der Waals surface area contributed by atoms with E-state index in [4.69, 9.17) is 4.42 Å². The van der Waals surface area contributed by atoms with Gasteiger partial charge in [-0.05, 0) is 31.4 Å². The van der Waals surface area contributed by atoms with Crippen molar-refractivity contribution >= 4 is 5.91 Å². The van der Waals surface area contributed by atoms with Gasteiger partial charge in [0.15, 0.2) is 0 Å². The number of amides is 1. The van der Waals surface area contributed by atoms with Gasteiger partial charge < -0.3 is 15.1 Å². The van der Waals surface area contributed by atoms with E-state index in [0.29, 0.717) is 11.3 Å². The highest BCUT2D eigenvalue weighted by Crippen LogP contribution is 2.25. The predicted molar refractivity (Wildman–Crippen MR) is 66.0 cm³/mol. The lowest BCUT2D eigenvalue weighted by Crippen LogP contribution is -2.54. The van der Waals surface area contributed by atoms with Gasteiger partial charge in [0.25, 0.3) is 5.91 Å². The fourth-order valence-corrected chi connectivity index (χ4v) is 2.29. The normalized spacial score (nSPS) is 23.4. The maximum Gasteiger partial charge on any atom is 0.255 e. The molecular weight excluding hydrogens is 216 g/mol. The van der Waals surface area contributed by atoms with E-state index in [-0.39, 0.29) is 17.4 Å². The van der Waals surface area contributed by atoms with Gasteiger partial charge in [0.1, 0.15) is 5.76 Å². The van der Waals surface area contributed by atoms with Crippen LogP contribution in [0.15, 0.2) is 16.7 Å². The van der Waals surface area contributed by atoms with E-state index in [9.17, 15) is 4.79 Å². The lowest BCUT2D eigenvalue weighted by molar-refractivity contribution is 0.0867. The van der Waals surface area contributed by atoms with E-state index in [0.717, 1.165) is 19.5 Å². The molecule has 0 saturated carbocycles. The number of piperidine rings is 1. The molecule has 1 aliphatic rings. The molecule has 1 aliphatic heterocycles. The molecule has 0 aromatic carbocycles. The molecule has 2 N–H and O–H groups in total. The standard InChI is InChI=1S/C13H20N2O2/c1-9-10(5-7-17-9)12(16)15-11-4-6-14-8-13(11,2)3/h5,7,11,14H,4,6,8H2,1-3H3,(H,15,16). The lowest BCUT2D eigenvalue weighted by atomic mass is 9.80. The third-order valence-corrected chi connectivity index (χ3v) is 3.54. The molecule has 0 bridgehead atoms. The third-order valence-electron chi connectivity index (χ3n) is 3.54. The minimum absolute atomic E-state index is 0.0313. The molecule has 0 radical (unpaired) electrons. The van der Waals surface area contributed by atoms with Crippen LogP contribution >= 0.6 is 0 Å². The number of carbonyl (C=O) groups excluding carboxylic acids is 1. The molecule has 2 heterocycles. The molecule has 1 aromatic rings. The highest BCUT2D eigenvalue weighted by atomic mass is 16.3. The fraction of sp³-hybridized carbons (Fsp3) is 0.615. The molecule has 1 aromatic heterocycles. The van der Waals surface area contributed by atoms with E-state index in [1.807, 2.05) is 6.92 Å². The smallest absolute Gasteiger partial charge is 0.255 e. The predicted octanol–water partition coefficient (Wildman–Crippen LogP) is 1.71. The average Bonchev–Trinajstić information content (AvgIpc) is 2.67. The van der Waals surface area contributed by atoms with Gasteiger partial charge in [0.2, 0.25) is 0 Å². The van der Waals surface area contributed by atoms with E-state index in [1.54, 1.807) is 12.3 Å². The average molecular weight is 236 g/mol. The molecule has 17 heavy (non-hydrogen) atoms. The van der Waals surface area contributed by atoms with Crippen molar-refractivity contribution in [1.82, 2.24) is 10.6 Å². The van der Waals surface area contributed by atoms with Gasteiger partial charge in [0.05, 0.1) is 11.8 Å². The molecule has 1 atom stereocenters. The van der Waals surface area contributed by atoms with Crippen LogP contribution in [0.4, 0.5) is 0 Å². The fourth-order valence-electron chi connectivity index (χ4n) is 2.29. The number of nitrogens with one attached hydrogen (secondary N) is 2. The highest BCUT2D eigenvalue weighted by molar-refractivity contribution is 5.95. The summed E-state index contributed by atoms with van der Waals surface area (Å²) in [5, 5.41) is 6.47. The Bertz CT molecular complexity index is 409. The van der Waals surface area contributed by atoms with Gasteiger partial charge in [-0.3, -0.25) is 4.79 Å². The summed E-state index contributed by atoms with van der Waals surface area (Å²) in [6.07, 6.45) is 2.52. The number of hydrogen-bond acceptors (Lipinski definition) is 3. The van der Waals surface area contributed by atoms with Crippen LogP contribution in [0.5, 0.6) is 0 Å².